The van der Waals surface area contributed by atoms with Crippen molar-refractivity contribution in [2.24, 2.45) is 0 Å². The van der Waals surface area contributed by atoms with Gasteiger partial charge in [-0.2, -0.15) is 0 Å². The fourth-order valence-corrected chi connectivity index (χ4v) is 2.96. The Kier molecular flexibility index (Phi) is 5.74. The van der Waals surface area contributed by atoms with E-state index >= 15 is 0 Å². The van der Waals surface area contributed by atoms with Crippen LogP contribution in [0, 0.1) is 5.21 Å². The number of carbonyl (C=O) groups is 1. The number of hydrogen-bond donors (Lipinski definition) is 0. The molecule has 108 valence electrons. The Bertz CT molecular complexity index is 494. The molecule has 0 radical (unpaired) electrons. The molecule has 1 unspecified atom stereocenters. The van der Waals surface area contributed by atoms with Gasteiger partial charge in [0.25, 0.3) is 0 Å². The van der Waals surface area contributed by atoms with Gasteiger partial charge in [-0.15, -0.1) is 5.10 Å². The maximum absolute atomic E-state index is 12.7. The van der Waals surface area contributed by atoms with Crippen LogP contribution in [0.3, 0.4) is 0 Å². The molecule has 6 nitrogen and oxygen atoms in total. The molecule has 20 heavy (non-hydrogen) atoms. The number of rotatable bonds is 3. The molecule has 2 heterocycles. The summed E-state index contributed by atoms with van der Waals surface area (Å²) in [6.07, 6.45) is 0.856. The average molecular weight is 308 g/mol. The first-order chi connectivity index (χ1) is 8.79. The van der Waals surface area contributed by atoms with E-state index in [2.05, 4.69) is 10.2 Å². The Labute approximate surface area is 147 Å². The van der Waals surface area contributed by atoms with Gasteiger partial charge in [-0.3, -0.25) is 4.90 Å². The van der Waals surface area contributed by atoms with Crippen LogP contribution in [-0.4, -0.2) is 40.8 Å². The third-order valence-corrected chi connectivity index (χ3v) is 4.57. The van der Waals surface area contributed by atoms with E-state index < -0.39 is 10.7 Å². The molecule has 2 rings (SSSR count). The Morgan fingerprint density at radius 2 is 2.10 bits per heavy atom. The fraction of sp³-hybridized carbons (Fsp3) is 0.750. The van der Waals surface area contributed by atoms with E-state index in [1.807, 2.05) is 27.7 Å². The maximum atomic E-state index is 12.7. The normalized spacial score (nSPS) is 23.1. The van der Waals surface area contributed by atoms with Crippen LogP contribution in [0.4, 0.5) is 9.93 Å². The first-order valence-electron chi connectivity index (χ1n) is 6.52. The second-order valence-corrected chi connectivity index (χ2v) is 6.83. The minimum Gasteiger partial charge on any atom is -1.00 e. The summed E-state index contributed by atoms with van der Waals surface area (Å²) in [7, 11) is 0. The number of hydrogen-bond acceptors (Lipinski definition) is 5. The quantitative estimate of drug-likeness (QED) is 0.433. The molecule has 1 atom stereocenters. The monoisotopic (exact) mass is 308 g/mol. The molecule has 0 aromatic carbocycles. The van der Waals surface area contributed by atoms with Crippen molar-refractivity contribution < 1.29 is 35.8 Å². The molecule has 2 amide bonds. The second-order valence-electron chi connectivity index (χ2n) is 5.87. The number of nitrogens with zero attached hydrogens (tertiary/aromatic N) is 4. The maximum Gasteiger partial charge on any atom is 1.00 e. The van der Waals surface area contributed by atoms with Gasteiger partial charge in [-0.05, 0) is 17.8 Å². The van der Waals surface area contributed by atoms with Crippen molar-refractivity contribution in [1.29, 1.82) is 0 Å². The molecule has 0 spiro atoms. The summed E-state index contributed by atoms with van der Waals surface area (Å²) >= 11 is 1.25. The molecule has 0 N–H and O–H groups in total. The zero-order valence-corrected chi connectivity index (χ0v) is 15.7. The molecule has 0 bridgehead atoms. The van der Waals surface area contributed by atoms with Crippen molar-refractivity contribution in [2.75, 3.05) is 19.6 Å². The number of carbonyl (C=O) groups excluding carboxylic acids is 1. The summed E-state index contributed by atoms with van der Waals surface area (Å²) in [5.41, 5.74) is -0.152. The van der Waals surface area contributed by atoms with Crippen molar-refractivity contribution in [3.8, 4) is 0 Å². The second kappa shape index (κ2) is 6.37. The van der Waals surface area contributed by atoms with Gasteiger partial charge >= 0.3 is 40.7 Å². The number of aromatic nitrogens is 2. The molecular weight excluding hydrogens is 287 g/mol. The number of hydroxylamine groups is 2. The van der Waals surface area contributed by atoms with E-state index in [-0.39, 0.29) is 48.1 Å². The van der Waals surface area contributed by atoms with E-state index in [9.17, 15) is 10.0 Å². The van der Waals surface area contributed by atoms with E-state index in [1.165, 1.54) is 11.3 Å². The predicted molar refractivity (Wildman–Crippen MR) is 77.0 cm³/mol. The van der Waals surface area contributed by atoms with Crippen LogP contribution in [0.25, 0.3) is 0 Å². The molecule has 1 aromatic heterocycles. The van der Waals surface area contributed by atoms with Crippen LogP contribution in [0.5, 0.6) is 0 Å². The molecule has 1 aliphatic rings. The first kappa shape index (κ1) is 18.0. The summed E-state index contributed by atoms with van der Waals surface area (Å²) in [6, 6.07) is -0.404. The zero-order valence-electron chi connectivity index (χ0n) is 13.8. The molecule has 0 aliphatic carbocycles. The van der Waals surface area contributed by atoms with Crippen molar-refractivity contribution in [1.82, 2.24) is 19.7 Å². The third-order valence-electron chi connectivity index (χ3n) is 3.12. The van der Waals surface area contributed by atoms with Gasteiger partial charge < -0.3 is 6.63 Å². The summed E-state index contributed by atoms with van der Waals surface area (Å²) in [5.74, 6) is 0. The standard InChI is InChI=1S/C12H20N4O2S.Na.H/c1-5-6-15-7-8-16(18,11(15)17)10-14-13-9(19-10)12(2,3)4;;/h5-8H2,1-4H3;;/q;+1;-1. The van der Waals surface area contributed by atoms with Crippen molar-refractivity contribution in [3.05, 3.63) is 10.2 Å². The minimum atomic E-state index is -0.978. The molecule has 1 aliphatic heterocycles. The number of urea groups is 1. The van der Waals surface area contributed by atoms with Gasteiger partial charge in [0, 0.05) is 12.0 Å². The summed E-state index contributed by atoms with van der Waals surface area (Å²) in [4.78, 5) is 13.8. The van der Waals surface area contributed by atoms with Crippen molar-refractivity contribution >= 4 is 22.5 Å². The van der Waals surface area contributed by atoms with E-state index in [1.54, 1.807) is 4.90 Å². The Morgan fingerprint density at radius 1 is 1.45 bits per heavy atom. The Balaban J connectivity index is 0.00000200. The molecule has 0 saturated carbocycles. The Morgan fingerprint density at radius 3 is 2.60 bits per heavy atom. The van der Waals surface area contributed by atoms with Gasteiger partial charge in [-0.1, -0.05) is 32.8 Å². The van der Waals surface area contributed by atoms with Crippen LogP contribution < -0.4 is 34.2 Å². The minimum absolute atomic E-state index is 0. The van der Waals surface area contributed by atoms with Crippen LogP contribution in [0.2, 0.25) is 0 Å². The smallest absolute Gasteiger partial charge is 1.00 e. The predicted octanol–water partition coefficient (Wildman–Crippen LogP) is -0.397. The van der Waals surface area contributed by atoms with E-state index in [4.69, 9.17) is 0 Å². The van der Waals surface area contributed by atoms with Gasteiger partial charge in [0.1, 0.15) is 11.6 Å². The van der Waals surface area contributed by atoms with E-state index in [0.717, 1.165) is 11.4 Å². The largest absolute Gasteiger partial charge is 1.00 e. The van der Waals surface area contributed by atoms with E-state index in [0.29, 0.717) is 13.1 Å². The number of quaternary nitrogens is 1. The fourth-order valence-electron chi connectivity index (χ4n) is 2.00. The van der Waals surface area contributed by atoms with Crippen LogP contribution in [-0.2, 0) is 5.41 Å². The molecule has 1 fully saturated rings. The summed E-state index contributed by atoms with van der Waals surface area (Å²) in [6.45, 7) is 9.41. The van der Waals surface area contributed by atoms with Gasteiger partial charge in [0.2, 0.25) is 0 Å². The van der Waals surface area contributed by atoms with Crippen LogP contribution >= 0.6 is 11.3 Å². The van der Waals surface area contributed by atoms with Gasteiger partial charge in [-0.25, -0.2) is 9.44 Å². The SMILES string of the molecule is CCCN1CC[N+]([O-])(c2nnc(C(C)(C)C)s2)C1=O.[H-].[Na+]. The van der Waals surface area contributed by atoms with Gasteiger partial charge in [0.05, 0.1) is 6.54 Å². The summed E-state index contributed by atoms with van der Waals surface area (Å²) in [5, 5.41) is 21.8. The molecule has 8 heteroatoms. The van der Waals surface area contributed by atoms with Crippen molar-refractivity contribution in [3.63, 3.8) is 0 Å². The third kappa shape index (κ3) is 3.23. The number of amides is 2. The molecule has 1 saturated heterocycles. The average Bonchev–Trinajstić information content (AvgIpc) is 2.90. The molecule has 1 aromatic rings. The van der Waals surface area contributed by atoms with Crippen molar-refractivity contribution in [2.45, 2.75) is 39.5 Å². The Hall–Kier alpha value is -0.0500. The summed E-state index contributed by atoms with van der Waals surface area (Å²) < 4.78 is -0.978. The van der Waals surface area contributed by atoms with Crippen LogP contribution in [0.15, 0.2) is 0 Å². The zero-order chi connectivity index (χ0) is 14.3. The van der Waals surface area contributed by atoms with Crippen LogP contribution in [0.1, 0.15) is 40.6 Å². The first-order valence-corrected chi connectivity index (χ1v) is 7.34. The topological polar surface area (TPSA) is 69.2 Å². The molecular formula is C12H21N4NaO2S. The van der Waals surface area contributed by atoms with Gasteiger partial charge in [0.15, 0.2) is 0 Å².